The minimum Gasteiger partial charge on any atom is -0.495 e. The fraction of sp³-hybridized carbons (Fsp3) is 0.333. The highest BCUT2D eigenvalue weighted by Gasteiger charge is 2.18. The van der Waals surface area contributed by atoms with Crippen molar-refractivity contribution in [1.82, 2.24) is 0 Å². The van der Waals surface area contributed by atoms with Crippen LogP contribution >= 0.6 is 15.9 Å². The van der Waals surface area contributed by atoms with E-state index in [1.165, 1.54) is 11.1 Å². The standard InChI is InChI=1S/C18H22BrNO/c1-12(2)17(14-8-6-5-7-9-14)20-18-13(3)10-15(19)11-16(18)21-4/h5-12,17,20H,1-4H3. The fourth-order valence-corrected chi connectivity index (χ4v) is 3.06. The molecule has 2 rings (SSSR count). The maximum Gasteiger partial charge on any atom is 0.143 e. The van der Waals surface area contributed by atoms with Crippen molar-refractivity contribution in [2.75, 3.05) is 12.4 Å². The first-order valence-corrected chi connectivity index (χ1v) is 7.98. The van der Waals surface area contributed by atoms with Gasteiger partial charge >= 0.3 is 0 Å². The van der Waals surface area contributed by atoms with Gasteiger partial charge in [-0.3, -0.25) is 0 Å². The number of rotatable bonds is 5. The van der Waals surface area contributed by atoms with E-state index in [4.69, 9.17) is 4.74 Å². The Labute approximate surface area is 135 Å². The van der Waals surface area contributed by atoms with E-state index in [0.29, 0.717) is 5.92 Å². The number of nitrogens with one attached hydrogen (secondary N) is 1. The van der Waals surface area contributed by atoms with Crippen molar-refractivity contribution in [1.29, 1.82) is 0 Å². The second-order valence-electron chi connectivity index (χ2n) is 5.58. The van der Waals surface area contributed by atoms with Crippen LogP contribution in [0.3, 0.4) is 0 Å². The summed E-state index contributed by atoms with van der Waals surface area (Å²) in [7, 11) is 1.71. The van der Waals surface area contributed by atoms with E-state index in [1.54, 1.807) is 7.11 Å². The van der Waals surface area contributed by atoms with Gasteiger partial charge in [-0.2, -0.15) is 0 Å². The first kappa shape index (κ1) is 15.9. The number of hydrogen-bond donors (Lipinski definition) is 1. The molecule has 2 aromatic rings. The monoisotopic (exact) mass is 347 g/mol. The van der Waals surface area contributed by atoms with Crippen LogP contribution < -0.4 is 10.1 Å². The van der Waals surface area contributed by atoms with Gasteiger partial charge in [-0.1, -0.05) is 60.1 Å². The minimum atomic E-state index is 0.250. The van der Waals surface area contributed by atoms with Gasteiger partial charge < -0.3 is 10.1 Å². The van der Waals surface area contributed by atoms with E-state index >= 15 is 0 Å². The van der Waals surface area contributed by atoms with Crippen molar-refractivity contribution in [3.05, 3.63) is 58.1 Å². The number of aryl methyl sites for hydroxylation is 1. The zero-order valence-corrected chi connectivity index (χ0v) is 14.6. The van der Waals surface area contributed by atoms with E-state index in [-0.39, 0.29) is 6.04 Å². The Morgan fingerprint density at radius 3 is 2.33 bits per heavy atom. The van der Waals surface area contributed by atoms with Crippen LogP contribution in [0.15, 0.2) is 46.9 Å². The number of halogens is 1. The normalized spacial score (nSPS) is 12.3. The smallest absolute Gasteiger partial charge is 0.143 e. The third-order valence-electron chi connectivity index (χ3n) is 3.61. The van der Waals surface area contributed by atoms with Gasteiger partial charge in [0.05, 0.1) is 18.8 Å². The lowest BCUT2D eigenvalue weighted by atomic mass is 9.95. The molecule has 2 aromatic carbocycles. The molecule has 0 saturated carbocycles. The summed E-state index contributed by atoms with van der Waals surface area (Å²) in [4.78, 5) is 0. The van der Waals surface area contributed by atoms with Gasteiger partial charge in [0.1, 0.15) is 5.75 Å². The van der Waals surface area contributed by atoms with Crippen molar-refractivity contribution in [3.8, 4) is 5.75 Å². The van der Waals surface area contributed by atoms with Crippen LogP contribution in [0.5, 0.6) is 5.75 Å². The molecule has 1 unspecified atom stereocenters. The Balaban J connectivity index is 2.38. The first-order chi connectivity index (χ1) is 10.0. The number of methoxy groups -OCH3 is 1. The Bertz CT molecular complexity index is 596. The first-order valence-electron chi connectivity index (χ1n) is 7.18. The summed E-state index contributed by atoms with van der Waals surface area (Å²) in [6, 6.07) is 14.9. The molecule has 0 heterocycles. The molecule has 2 nitrogen and oxygen atoms in total. The van der Waals surface area contributed by atoms with E-state index in [2.05, 4.69) is 72.3 Å². The Morgan fingerprint density at radius 2 is 1.76 bits per heavy atom. The molecular weight excluding hydrogens is 326 g/mol. The lowest BCUT2D eigenvalue weighted by Gasteiger charge is -2.26. The molecule has 0 aliphatic rings. The van der Waals surface area contributed by atoms with Crippen LogP contribution in [0.25, 0.3) is 0 Å². The third-order valence-corrected chi connectivity index (χ3v) is 4.07. The van der Waals surface area contributed by atoms with Crippen molar-refractivity contribution >= 4 is 21.6 Å². The van der Waals surface area contributed by atoms with E-state index in [9.17, 15) is 0 Å². The fourth-order valence-electron chi connectivity index (χ4n) is 2.51. The van der Waals surface area contributed by atoms with Crippen molar-refractivity contribution in [2.24, 2.45) is 5.92 Å². The SMILES string of the molecule is COc1cc(Br)cc(C)c1NC(c1ccccc1)C(C)C. The van der Waals surface area contributed by atoms with Crippen LogP contribution in [-0.4, -0.2) is 7.11 Å². The zero-order chi connectivity index (χ0) is 15.4. The minimum absolute atomic E-state index is 0.250. The van der Waals surface area contributed by atoms with Gasteiger partial charge in [-0.15, -0.1) is 0 Å². The van der Waals surface area contributed by atoms with Crippen molar-refractivity contribution in [3.63, 3.8) is 0 Å². The van der Waals surface area contributed by atoms with Crippen molar-refractivity contribution < 1.29 is 4.74 Å². The summed E-state index contributed by atoms with van der Waals surface area (Å²) in [5.74, 6) is 1.34. The van der Waals surface area contributed by atoms with Gasteiger partial charge in [0, 0.05) is 4.47 Å². The highest BCUT2D eigenvalue weighted by molar-refractivity contribution is 9.10. The van der Waals surface area contributed by atoms with Crippen LogP contribution in [0.4, 0.5) is 5.69 Å². The number of ether oxygens (including phenoxy) is 1. The second kappa shape index (κ2) is 6.99. The molecule has 0 fully saturated rings. The summed E-state index contributed by atoms with van der Waals surface area (Å²) >= 11 is 3.52. The molecule has 0 aliphatic heterocycles. The van der Waals surface area contributed by atoms with Gasteiger partial charge in [0.2, 0.25) is 0 Å². The van der Waals surface area contributed by atoms with Crippen LogP contribution in [-0.2, 0) is 0 Å². The molecule has 0 bridgehead atoms. The van der Waals surface area contributed by atoms with Crippen LogP contribution in [0.1, 0.15) is 31.0 Å². The maximum atomic E-state index is 5.53. The predicted octanol–water partition coefficient (Wildman–Crippen LogP) is 5.58. The quantitative estimate of drug-likeness (QED) is 0.762. The maximum absolute atomic E-state index is 5.53. The average Bonchev–Trinajstić information content (AvgIpc) is 2.46. The molecule has 0 saturated heterocycles. The van der Waals surface area contributed by atoms with Crippen LogP contribution in [0.2, 0.25) is 0 Å². The van der Waals surface area contributed by atoms with Gasteiger partial charge in [-0.25, -0.2) is 0 Å². The van der Waals surface area contributed by atoms with E-state index in [0.717, 1.165) is 15.9 Å². The molecule has 0 amide bonds. The molecule has 3 heteroatoms. The van der Waals surface area contributed by atoms with Gasteiger partial charge in [0.15, 0.2) is 0 Å². The average molecular weight is 348 g/mol. The third kappa shape index (κ3) is 3.79. The zero-order valence-electron chi connectivity index (χ0n) is 13.0. The number of hydrogen-bond acceptors (Lipinski definition) is 2. The summed E-state index contributed by atoms with van der Waals surface area (Å²) in [6.45, 7) is 6.55. The molecule has 112 valence electrons. The molecule has 1 atom stereocenters. The summed E-state index contributed by atoms with van der Waals surface area (Å²) in [5.41, 5.74) is 3.52. The van der Waals surface area contributed by atoms with Gasteiger partial charge in [0.25, 0.3) is 0 Å². The Morgan fingerprint density at radius 1 is 1.10 bits per heavy atom. The highest BCUT2D eigenvalue weighted by Crippen LogP contribution is 2.36. The highest BCUT2D eigenvalue weighted by atomic mass is 79.9. The molecule has 0 spiro atoms. The molecule has 0 aromatic heterocycles. The Hall–Kier alpha value is -1.48. The molecule has 0 radical (unpaired) electrons. The largest absolute Gasteiger partial charge is 0.495 e. The van der Waals surface area contributed by atoms with Crippen molar-refractivity contribution in [2.45, 2.75) is 26.8 Å². The van der Waals surface area contributed by atoms with Gasteiger partial charge in [-0.05, 0) is 36.1 Å². The van der Waals surface area contributed by atoms with E-state index in [1.807, 2.05) is 12.1 Å². The molecule has 1 N–H and O–H groups in total. The van der Waals surface area contributed by atoms with Crippen LogP contribution in [0, 0.1) is 12.8 Å². The summed E-state index contributed by atoms with van der Waals surface area (Å²) in [5, 5.41) is 3.66. The predicted molar refractivity (Wildman–Crippen MR) is 93.1 cm³/mol. The molecular formula is C18H22BrNO. The number of benzene rings is 2. The summed E-state index contributed by atoms with van der Waals surface area (Å²) in [6.07, 6.45) is 0. The second-order valence-corrected chi connectivity index (χ2v) is 6.49. The lowest BCUT2D eigenvalue weighted by molar-refractivity contribution is 0.414. The molecule has 0 aliphatic carbocycles. The topological polar surface area (TPSA) is 21.3 Å². The van der Waals surface area contributed by atoms with E-state index < -0.39 is 0 Å². The Kier molecular flexibility index (Phi) is 5.29. The lowest BCUT2D eigenvalue weighted by Crippen LogP contribution is -2.17. The summed E-state index contributed by atoms with van der Waals surface area (Å²) < 4.78 is 6.56. The molecule has 21 heavy (non-hydrogen) atoms. The number of anilines is 1.